The molecule has 1 amide bonds. The van der Waals surface area contributed by atoms with E-state index in [0.29, 0.717) is 12.4 Å². The molecule has 1 aromatic carbocycles. The number of carbonyl (C=O) groups is 2. The molecule has 0 fully saturated rings. The number of nitrogens with one attached hydrogen (secondary N) is 1. The van der Waals surface area contributed by atoms with Crippen molar-refractivity contribution in [3.63, 3.8) is 0 Å². The quantitative estimate of drug-likeness (QED) is 0.699. The van der Waals surface area contributed by atoms with Crippen LogP contribution in [0.2, 0.25) is 0 Å². The number of hydrogen-bond donors (Lipinski definition) is 2. The molecule has 0 saturated heterocycles. The maximum absolute atomic E-state index is 12.5. The number of aromatic nitrogens is 2. The number of halogens is 1. The van der Waals surface area contributed by atoms with Crippen LogP contribution in [0.1, 0.15) is 39.8 Å². The summed E-state index contributed by atoms with van der Waals surface area (Å²) < 4.78 is 1.71. The molecule has 0 aliphatic carbocycles. The Morgan fingerprint density at radius 3 is 2.36 bits per heavy atom. The number of nitrogens with zero attached hydrogens (tertiary/aromatic N) is 3. The number of carboxylic acids is 1. The summed E-state index contributed by atoms with van der Waals surface area (Å²) in [7, 11) is 0. The third kappa shape index (κ3) is 6.65. The molecule has 0 atom stereocenters. The lowest BCUT2D eigenvalue weighted by Crippen LogP contribution is -2.37. The van der Waals surface area contributed by atoms with Crippen LogP contribution in [0.15, 0.2) is 36.4 Å². The van der Waals surface area contributed by atoms with Crippen LogP contribution in [-0.4, -0.2) is 51.3 Å². The molecule has 0 aliphatic rings. The molecule has 0 aliphatic heterocycles. The number of para-hydroxylation sites is 1. The summed E-state index contributed by atoms with van der Waals surface area (Å²) in [6, 6.07) is 11.5. The first kappa shape index (κ1) is 23.7. The molecule has 154 valence electrons. The molecule has 0 spiro atoms. The lowest BCUT2D eigenvalue weighted by Gasteiger charge is -2.18. The molecule has 2 rings (SSSR count). The van der Waals surface area contributed by atoms with Crippen LogP contribution in [0, 0.1) is 0 Å². The molecule has 7 nitrogen and oxygen atoms in total. The molecule has 1 heterocycles. The first-order valence-corrected chi connectivity index (χ1v) is 9.10. The largest absolute Gasteiger partial charge is 0.480 e. The van der Waals surface area contributed by atoms with Crippen LogP contribution in [-0.2, 0) is 15.0 Å². The van der Waals surface area contributed by atoms with Gasteiger partial charge in [0.15, 0.2) is 0 Å². The number of rotatable bonds is 8. The molecule has 1 aromatic heterocycles. The molecule has 0 radical (unpaired) electrons. The maximum atomic E-state index is 12.5. The smallest absolute Gasteiger partial charge is 0.317 e. The Morgan fingerprint density at radius 2 is 1.82 bits per heavy atom. The Kier molecular flexibility index (Phi) is 8.65. The second kappa shape index (κ2) is 10.2. The standard InChI is InChI=1S/C20H28N4O3.ClH/c1-5-11-23(14-19(26)27)13-18(25)21-17-12-16(20(2,3)4)22-24(17)15-9-7-6-8-10-15;/h6-10,12H,5,11,13-14H2,1-4H3,(H,21,25)(H,26,27);1H. The lowest BCUT2D eigenvalue weighted by molar-refractivity contribution is -0.138. The zero-order valence-corrected chi connectivity index (χ0v) is 17.6. The fraction of sp³-hybridized carbons (Fsp3) is 0.450. The lowest BCUT2D eigenvalue weighted by atomic mass is 9.92. The average Bonchev–Trinajstić information content (AvgIpc) is 2.99. The molecular formula is C20H29ClN4O3. The number of benzene rings is 1. The number of carbonyl (C=O) groups excluding carboxylic acids is 1. The van der Waals surface area contributed by atoms with E-state index in [1.165, 1.54) is 0 Å². The molecule has 2 aromatic rings. The number of amides is 1. The molecular weight excluding hydrogens is 380 g/mol. The van der Waals surface area contributed by atoms with Gasteiger partial charge in [-0.1, -0.05) is 45.9 Å². The zero-order chi connectivity index (χ0) is 20.0. The van der Waals surface area contributed by atoms with Crippen LogP contribution in [0.4, 0.5) is 5.82 Å². The van der Waals surface area contributed by atoms with Crippen LogP contribution in [0.3, 0.4) is 0 Å². The number of hydrogen-bond acceptors (Lipinski definition) is 4. The van der Waals surface area contributed by atoms with Crippen LogP contribution >= 0.6 is 12.4 Å². The van der Waals surface area contributed by atoms with Gasteiger partial charge >= 0.3 is 5.97 Å². The predicted octanol–water partition coefficient (Wildman–Crippen LogP) is 3.33. The predicted molar refractivity (Wildman–Crippen MR) is 113 cm³/mol. The Morgan fingerprint density at radius 1 is 1.18 bits per heavy atom. The van der Waals surface area contributed by atoms with E-state index in [1.54, 1.807) is 9.58 Å². The van der Waals surface area contributed by atoms with E-state index in [-0.39, 0.29) is 36.8 Å². The van der Waals surface area contributed by atoms with E-state index >= 15 is 0 Å². The van der Waals surface area contributed by atoms with Crippen molar-refractivity contribution in [1.29, 1.82) is 0 Å². The van der Waals surface area contributed by atoms with Crippen LogP contribution in [0.5, 0.6) is 0 Å². The summed E-state index contributed by atoms with van der Waals surface area (Å²) in [4.78, 5) is 25.1. The Balaban J connectivity index is 0.00000392. The third-order valence-electron chi connectivity index (χ3n) is 4.01. The minimum absolute atomic E-state index is 0. The summed E-state index contributed by atoms with van der Waals surface area (Å²) in [5.74, 6) is -0.634. The van der Waals surface area contributed by atoms with Gasteiger partial charge < -0.3 is 10.4 Å². The van der Waals surface area contributed by atoms with Crippen molar-refractivity contribution in [2.24, 2.45) is 0 Å². The molecule has 0 unspecified atom stereocenters. The number of anilines is 1. The summed E-state index contributed by atoms with van der Waals surface area (Å²) in [6.07, 6.45) is 0.774. The topological polar surface area (TPSA) is 87.5 Å². The van der Waals surface area contributed by atoms with E-state index in [9.17, 15) is 9.59 Å². The molecule has 8 heteroatoms. The fourth-order valence-corrected chi connectivity index (χ4v) is 2.71. The van der Waals surface area contributed by atoms with Crippen LogP contribution < -0.4 is 5.32 Å². The average molecular weight is 409 g/mol. The van der Waals surface area contributed by atoms with Crippen molar-refractivity contribution >= 4 is 30.1 Å². The van der Waals surface area contributed by atoms with E-state index in [0.717, 1.165) is 17.8 Å². The minimum atomic E-state index is -0.944. The Bertz CT molecular complexity index is 784. The third-order valence-corrected chi connectivity index (χ3v) is 4.01. The summed E-state index contributed by atoms with van der Waals surface area (Å²) in [5.41, 5.74) is 1.54. The molecule has 0 bridgehead atoms. The van der Waals surface area contributed by atoms with Gasteiger partial charge in [-0.2, -0.15) is 5.10 Å². The van der Waals surface area contributed by atoms with E-state index in [4.69, 9.17) is 5.11 Å². The highest BCUT2D eigenvalue weighted by Gasteiger charge is 2.22. The van der Waals surface area contributed by atoms with Gasteiger partial charge in [0.25, 0.3) is 0 Å². The van der Waals surface area contributed by atoms with Crippen molar-refractivity contribution in [2.75, 3.05) is 25.0 Å². The minimum Gasteiger partial charge on any atom is -0.480 e. The van der Waals surface area contributed by atoms with E-state index in [1.807, 2.05) is 43.3 Å². The van der Waals surface area contributed by atoms with Crippen molar-refractivity contribution < 1.29 is 14.7 Å². The second-order valence-electron chi connectivity index (χ2n) is 7.56. The van der Waals surface area contributed by atoms with Crippen LogP contribution in [0.25, 0.3) is 5.69 Å². The summed E-state index contributed by atoms with van der Waals surface area (Å²) in [6.45, 7) is 8.54. The summed E-state index contributed by atoms with van der Waals surface area (Å²) in [5, 5.41) is 16.6. The maximum Gasteiger partial charge on any atom is 0.317 e. The second-order valence-corrected chi connectivity index (χ2v) is 7.56. The van der Waals surface area contributed by atoms with Gasteiger partial charge in [0.1, 0.15) is 5.82 Å². The van der Waals surface area contributed by atoms with Gasteiger partial charge in [-0.15, -0.1) is 12.4 Å². The van der Waals surface area contributed by atoms with Gasteiger partial charge in [0.2, 0.25) is 5.91 Å². The molecule has 2 N–H and O–H groups in total. The Labute approximate surface area is 172 Å². The monoisotopic (exact) mass is 408 g/mol. The molecule has 28 heavy (non-hydrogen) atoms. The van der Waals surface area contributed by atoms with Gasteiger partial charge in [-0.3, -0.25) is 14.5 Å². The van der Waals surface area contributed by atoms with Gasteiger partial charge in [-0.05, 0) is 25.1 Å². The Hall–Kier alpha value is -2.38. The molecule has 0 saturated carbocycles. The summed E-state index contributed by atoms with van der Waals surface area (Å²) >= 11 is 0. The van der Waals surface area contributed by atoms with E-state index < -0.39 is 5.97 Å². The first-order chi connectivity index (χ1) is 12.7. The van der Waals surface area contributed by atoms with Gasteiger partial charge in [-0.25, -0.2) is 4.68 Å². The van der Waals surface area contributed by atoms with Crippen molar-refractivity contribution in [3.05, 3.63) is 42.1 Å². The van der Waals surface area contributed by atoms with Gasteiger partial charge in [0, 0.05) is 11.5 Å². The normalized spacial score (nSPS) is 11.2. The number of carboxylic acid groups (broad SMARTS) is 1. The van der Waals surface area contributed by atoms with Crippen molar-refractivity contribution in [3.8, 4) is 5.69 Å². The fourth-order valence-electron chi connectivity index (χ4n) is 2.71. The van der Waals surface area contributed by atoms with Gasteiger partial charge in [0.05, 0.1) is 24.5 Å². The highest BCUT2D eigenvalue weighted by Crippen LogP contribution is 2.26. The highest BCUT2D eigenvalue weighted by atomic mass is 35.5. The first-order valence-electron chi connectivity index (χ1n) is 9.10. The SMILES string of the molecule is CCCN(CC(=O)O)CC(=O)Nc1cc(C(C)(C)C)nn1-c1ccccc1.Cl. The van der Waals surface area contributed by atoms with E-state index in [2.05, 4.69) is 31.2 Å². The van der Waals surface area contributed by atoms with Crippen molar-refractivity contribution in [1.82, 2.24) is 14.7 Å². The zero-order valence-electron chi connectivity index (χ0n) is 16.8. The van der Waals surface area contributed by atoms with Crippen molar-refractivity contribution in [2.45, 2.75) is 39.5 Å². The number of aliphatic carboxylic acids is 1. The highest BCUT2D eigenvalue weighted by molar-refractivity contribution is 5.92.